The van der Waals surface area contributed by atoms with E-state index >= 15 is 0 Å². The predicted octanol–water partition coefficient (Wildman–Crippen LogP) is 8.04. The van der Waals surface area contributed by atoms with Crippen LogP contribution in [0.5, 0.6) is 0 Å². The van der Waals surface area contributed by atoms with Gasteiger partial charge in [0, 0.05) is 117 Å². The van der Waals surface area contributed by atoms with Crippen molar-refractivity contribution in [3.63, 3.8) is 0 Å². The van der Waals surface area contributed by atoms with E-state index in [1.807, 2.05) is 45.6 Å². The van der Waals surface area contributed by atoms with Crippen molar-refractivity contribution < 1.29 is 10.9 Å². The maximum Gasteiger partial charge on any atom is 0.410 e. The maximum absolute atomic E-state index is 12.4. The lowest BCUT2D eigenvalue weighted by Gasteiger charge is -2.37. The van der Waals surface area contributed by atoms with Crippen LogP contribution in [0.4, 0.5) is 16.2 Å². The first-order chi connectivity index (χ1) is 30.0. The maximum atomic E-state index is 12.4. The molecular formula is C47H58N12O2. The first kappa shape index (κ1) is 40.3. The largest absolute Gasteiger partial charge is 0.444 e. The Morgan fingerprint density at radius 3 is 1.79 bits per heavy atom. The minimum absolute atomic E-state index is 0.268. The van der Waals surface area contributed by atoms with Crippen LogP contribution in [0.2, 0.25) is 0 Å². The van der Waals surface area contributed by atoms with Crippen LogP contribution in [0.3, 0.4) is 0 Å². The number of anilines is 2. The van der Waals surface area contributed by atoms with Crippen molar-refractivity contribution in [1.82, 2.24) is 50.1 Å². The Morgan fingerprint density at radius 2 is 1.31 bits per heavy atom. The van der Waals surface area contributed by atoms with Gasteiger partial charge in [0.15, 0.2) is 0 Å². The van der Waals surface area contributed by atoms with Gasteiger partial charge in [0.05, 0.1) is 22.8 Å². The number of hydrogen-bond acceptors (Lipinski definition) is 11. The zero-order valence-electron chi connectivity index (χ0n) is 37.2. The molecule has 0 spiro atoms. The number of aromatic nitrogens is 8. The van der Waals surface area contributed by atoms with Gasteiger partial charge >= 0.3 is 6.09 Å². The molecule has 0 aromatic carbocycles. The standard InChI is InChI=1S/C25H30N6O2.C20H22N6.C2H6/c1-16-13-20-19(14-31(16)21-6-10-27-23-18(21)5-9-26-23)22(29-15-28-20)17-7-11-30(12-8-17)24(32)33-25(2,3)4;1-13-10-17-16(19(25-12-24-17)14-2-6-21-7-3-14)11-26(13)18-5-9-23-20-15(18)4-8-22-20;1-2/h5-7,9-10,15-16H,8,11-14H2,1-4H3,(H,26,27);2,4-5,8-9,12-13,21H,3,6-7,10-11H2,1H3,(H,22,23);1-2H3/t16-;13-;/m11./s1/i;;1D. The highest BCUT2D eigenvalue weighted by Gasteiger charge is 2.32. The number of pyridine rings is 2. The number of carbonyl (C=O) groups is 1. The van der Waals surface area contributed by atoms with Crippen LogP contribution in [0.15, 0.2) is 73.9 Å². The summed E-state index contributed by atoms with van der Waals surface area (Å²) in [5.74, 6) is 0. The average Bonchev–Trinajstić information content (AvgIpc) is 3.97. The van der Waals surface area contributed by atoms with Crippen molar-refractivity contribution in [3.05, 3.63) is 108 Å². The molecule has 10 rings (SSSR count). The molecule has 10 heterocycles. The summed E-state index contributed by atoms with van der Waals surface area (Å²) in [7, 11) is 0. The predicted molar refractivity (Wildman–Crippen MR) is 242 cm³/mol. The van der Waals surface area contributed by atoms with Gasteiger partial charge < -0.3 is 34.7 Å². The molecule has 14 heteroatoms. The molecule has 0 radical (unpaired) electrons. The highest BCUT2D eigenvalue weighted by Crippen LogP contribution is 2.37. The monoisotopic (exact) mass is 823 g/mol. The number of ether oxygens (including phenoxy) is 1. The zero-order chi connectivity index (χ0) is 43.4. The number of aromatic amines is 2. The summed E-state index contributed by atoms with van der Waals surface area (Å²) in [4.78, 5) is 53.0. The number of nitrogens with zero attached hydrogens (tertiary/aromatic N) is 9. The topological polar surface area (TPSA) is 157 Å². The van der Waals surface area contributed by atoms with Gasteiger partial charge in [-0.25, -0.2) is 34.7 Å². The van der Waals surface area contributed by atoms with Crippen molar-refractivity contribution in [2.24, 2.45) is 0 Å². The van der Waals surface area contributed by atoms with E-state index in [1.54, 1.807) is 24.5 Å². The lowest BCUT2D eigenvalue weighted by atomic mass is 9.93. The van der Waals surface area contributed by atoms with Gasteiger partial charge in [0.2, 0.25) is 0 Å². The van der Waals surface area contributed by atoms with Gasteiger partial charge in [0.25, 0.3) is 0 Å². The summed E-state index contributed by atoms with van der Waals surface area (Å²) in [6, 6.07) is 9.08. The molecule has 6 aromatic rings. The van der Waals surface area contributed by atoms with Crippen LogP contribution in [0.1, 0.15) is 96.6 Å². The molecule has 4 aliphatic rings. The number of H-pyrrole nitrogens is 2. The summed E-state index contributed by atoms with van der Waals surface area (Å²) in [5, 5.41) is 5.67. The average molecular weight is 824 g/mol. The van der Waals surface area contributed by atoms with Crippen LogP contribution < -0.4 is 15.1 Å². The lowest BCUT2D eigenvalue weighted by Crippen LogP contribution is -2.40. The minimum Gasteiger partial charge on any atom is -0.444 e. The highest BCUT2D eigenvalue weighted by atomic mass is 16.6. The van der Waals surface area contributed by atoms with Crippen LogP contribution >= 0.6 is 0 Å². The molecule has 4 aliphatic heterocycles. The fraction of sp³-hybridized carbons (Fsp3) is 0.426. The third-order valence-corrected chi connectivity index (χ3v) is 11.8. The molecule has 1 amide bonds. The third kappa shape index (κ3) is 8.72. The minimum atomic E-state index is -0.495. The van der Waals surface area contributed by atoms with Crippen molar-refractivity contribution in [1.29, 1.82) is 0 Å². The summed E-state index contributed by atoms with van der Waals surface area (Å²) < 4.78 is 11.7. The van der Waals surface area contributed by atoms with Crippen molar-refractivity contribution >= 4 is 50.7 Å². The van der Waals surface area contributed by atoms with Crippen LogP contribution in [0, 0.1) is 0 Å². The molecule has 0 saturated heterocycles. The Labute approximate surface area is 359 Å². The summed E-state index contributed by atoms with van der Waals surface area (Å²) in [6.45, 7) is 17.1. The number of nitrogens with one attached hydrogen (secondary N) is 3. The van der Waals surface area contributed by atoms with Crippen LogP contribution in [-0.2, 0) is 30.7 Å². The Hall–Kier alpha value is -6.15. The fourth-order valence-corrected chi connectivity index (χ4v) is 8.82. The van der Waals surface area contributed by atoms with Gasteiger partial charge in [0.1, 0.15) is 29.6 Å². The molecule has 0 saturated carbocycles. The van der Waals surface area contributed by atoms with Gasteiger partial charge in [-0.1, -0.05) is 26.0 Å². The van der Waals surface area contributed by atoms with Gasteiger partial charge in [-0.15, -0.1) is 0 Å². The molecular weight excluding hydrogens is 765 g/mol. The van der Waals surface area contributed by atoms with Gasteiger partial charge in [-0.05, 0) is 89.4 Å². The van der Waals surface area contributed by atoms with E-state index in [2.05, 4.69) is 100 Å². The molecule has 318 valence electrons. The number of carbonyl (C=O) groups excluding carboxylic acids is 1. The molecule has 2 atom stereocenters. The molecule has 0 unspecified atom stereocenters. The molecule has 6 aromatic heterocycles. The second kappa shape index (κ2) is 17.8. The SMILES string of the molecule is C[C@@H]1Cc2ncnc(C3=CCN(C(=O)OC(C)(C)C)CC3)c2CN1c1ccnc2[nH]ccc12.C[C@@H]1Cc2ncnc(C3=CCNCC3)c2CN1c1ccnc2[nH]ccc12.[2H]CC. The second-order valence-corrected chi connectivity index (χ2v) is 16.9. The summed E-state index contributed by atoms with van der Waals surface area (Å²) >= 11 is 0. The summed E-state index contributed by atoms with van der Waals surface area (Å²) in [6.07, 6.45) is 18.7. The van der Waals surface area contributed by atoms with E-state index in [1.165, 1.54) is 44.7 Å². The highest BCUT2D eigenvalue weighted by molar-refractivity contribution is 5.91. The normalized spacial score (nSPS) is 19.0. The van der Waals surface area contributed by atoms with E-state index in [9.17, 15) is 4.79 Å². The molecule has 0 aliphatic carbocycles. The fourth-order valence-electron chi connectivity index (χ4n) is 8.82. The van der Waals surface area contributed by atoms with Crippen LogP contribution in [0.25, 0.3) is 33.2 Å². The summed E-state index contributed by atoms with van der Waals surface area (Å²) in [5.41, 5.74) is 13.1. The number of amides is 1. The Bertz CT molecular complexity index is 2590. The second-order valence-electron chi connectivity index (χ2n) is 16.9. The smallest absolute Gasteiger partial charge is 0.410 e. The molecule has 0 fully saturated rings. The number of hydrogen-bond donors (Lipinski definition) is 3. The van der Waals surface area contributed by atoms with Crippen molar-refractivity contribution in [2.45, 2.75) is 105 Å². The third-order valence-electron chi connectivity index (χ3n) is 11.8. The van der Waals surface area contributed by atoms with E-state index in [-0.39, 0.29) is 6.09 Å². The van der Waals surface area contributed by atoms with Gasteiger partial charge in [-0.3, -0.25) is 0 Å². The first-order valence-electron chi connectivity index (χ1n) is 22.1. The van der Waals surface area contributed by atoms with Crippen molar-refractivity contribution in [2.75, 3.05) is 36.0 Å². The Balaban J connectivity index is 0.000000164. The molecule has 61 heavy (non-hydrogen) atoms. The van der Waals surface area contributed by atoms with E-state index in [0.717, 1.165) is 85.6 Å². The quantitative estimate of drug-likeness (QED) is 0.158. The zero-order valence-corrected chi connectivity index (χ0v) is 36.2. The number of fused-ring (bicyclic) bond motifs is 4. The Morgan fingerprint density at radius 1 is 0.770 bits per heavy atom. The molecule has 3 N–H and O–H groups in total. The van der Waals surface area contributed by atoms with E-state index in [0.29, 0.717) is 32.1 Å². The van der Waals surface area contributed by atoms with Crippen molar-refractivity contribution in [3.8, 4) is 0 Å². The van der Waals surface area contributed by atoms with Gasteiger partial charge in [-0.2, -0.15) is 0 Å². The van der Waals surface area contributed by atoms with E-state index < -0.39 is 5.60 Å². The lowest BCUT2D eigenvalue weighted by molar-refractivity contribution is 0.0270. The Kier molecular flexibility index (Phi) is 11.8. The first-order valence-corrected chi connectivity index (χ1v) is 21.4. The van der Waals surface area contributed by atoms with E-state index in [4.69, 9.17) is 11.1 Å². The number of rotatable bonds is 4. The van der Waals surface area contributed by atoms with Crippen LogP contribution in [-0.4, -0.2) is 94.7 Å². The molecule has 0 bridgehead atoms. The molecule has 14 nitrogen and oxygen atoms in total.